The van der Waals surface area contributed by atoms with Crippen LogP contribution < -0.4 is 10.6 Å². The Bertz CT molecular complexity index is 530. The van der Waals surface area contributed by atoms with Gasteiger partial charge in [-0.2, -0.15) is 24.9 Å². The van der Waals surface area contributed by atoms with E-state index in [0.29, 0.717) is 22.3 Å². The van der Waals surface area contributed by atoms with Crippen molar-refractivity contribution in [1.29, 1.82) is 0 Å². The highest BCUT2D eigenvalue weighted by Gasteiger charge is 2.33. The number of thioether (sulfide) groups is 1. The van der Waals surface area contributed by atoms with E-state index in [1.807, 2.05) is 11.8 Å². The third-order valence-corrected chi connectivity index (χ3v) is 5.72. The molecule has 0 bridgehead atoms. The molecule has 0 amide bonds. The summed E-state index contributed by atoms with van der Waals surface area (Å²) in [5.41, 5.74) is -0.836. The Morgan fingerprint density at radius 2 is 2.26 bits per heavy atom. The third kappa shape index (κ3) is 5.56. The fourth-order valence-corrected chi connectivity index (χ4v) is 4.13. The molecule has 9 heteroatoms. The van der Waals surface area contributed by atoms with Gasteiger partial charge in [-0.1, -0.05) is 6.42 Å². The van der Waals surface area contributed by atoms with Crippen molar-refractivity contribution in [2.24, 2.45) is 4.99 Å². The second-order valence-corrected chi connectivity index (χ2v) is 7.50. The molecule has 1 aromatic rings. The molecule has 0 spiro atoms. The van der Waals surface area contributed by atoms with Crippen molar-refractivity contribution < 1.29 is 13.2 Å². The molecule has 2 atom stereocenters. The Balaban J connectivity index is 1.84. The fraction of sp³-hybridized carbons (Fsp3) is 0.714. The van der Waals surface area contributed by atoms with Crippen molar-refractivity contribution in [2.45, 2.75) is 49.7 Å². The van der Waals surface area contributed by atoms with Gasteiger partial charge in [0.05, 0.1) is 6.54 Å². The predicted octanol–water partition coefficient (Wildman–Crippen LogP) is 3.50. The first kappa shape index (κ1) is 18.4. The van der Waals surface area contributed by atoms with E-state index in [9.17, 15) is 13.2 Å². The number of guanidine groups is 1. The zero-order valence-corrected chi connectivity index (χ0v) is 14.7. The standard InChI is InChI=1S/C14H21F3N4S2/c1-18-13(20-9-4-3-5-10(6-9)22-2)19-7-12-21-11(8-23-12)14(15,16)17/h8-10H,3-7H2,1-2H3,(H2,18,19,20). The van der Waals surface area contributed by atoms with Gasteiger partial charge in [-0.25, -0.2) is 4.98 Å². The fourth-order valence-electron chi connectivity index (χ4n) is 2.56. The molecule has 1 heterocycles. The van der Waals surface area contributed by atoms with Crippen molar-refractivity contribution >= 4 is 29.1 Å². The Kier molecular flexibility index (Phi) is 6.58. The molecule has 1 aliphatic rings. The minimum absolute atomic E-state index is 0.235. The Morgan fingerprint density at radius 1 is 1.48 bits per heavy atom. The van der Waals surface area contributed by atoms with Crippen molar-refractivity contribution in [1.82, 2.24) is 15.6 Å². The van der Waals surface area contributed by atoms with Crippen LogP contribution in [0.25, 0.3) is 0 Å². The molecular formula is C14H21F3N4S2. The monoisotopic (exact) mass is 366 g/mol. The molecule has 23 heavy (non-hydrogen) atoms. The maximum absolute atomic E-state index is 12.5. The van der Waals surface area contributed by atoms with Gasteiger partial charge in [0, 0.05) is 23.7 Å². The van der Waals surface area contributed by atoms with Crippen LogP contribution in [-0.2, 0) is 12.7 Å². The molecule has 1 aliphatic carbocycles. The SMILES string of the molecule is CN=C(NCc1nc(C(F)(F)F)cs1)NC1CCCC(SC)C1. The molecule has 0 aliphatic heterocycles. The first-order chi connectivity index (χ1) is 10.9. The van der Waals surface area contributed by atoms with E-state index >= 15 is 0 Å². The minimum Gasteiger partial charge on any atom is -0.354 e. The zero-order valence-electron chi connectivity index (χ0n) is 13.1. The molecule has 1 fully saturated rings. The molecule has 130 valence electrons. The summed E-state index contributed by atoms with van der Waals surface area (Å²) < 4.78 is 37.6. The maximum atomic E-state index is 12.5. The van der Waals surface area contributed by atoms with Gasteiger partial charge in [-0.05, 0) is 25.5 Å². The van der Waals surface area contributed by atoms with Crippen LogP contribution in [0, 0.1) is 0 Å². The molecule has 0 radical (unpaired) electrons. The molecule has 4 nitrogen and oxygen atoms in total. The third-order valence-electron chi connectivity index (χ3n) is 3.77. The maximum Gasteiger partial charge on any atom is 0.434 e. The van der Waals surface area contributed by atoms with E-state index in [2.05, 4.69) is 26.9 Å². The Labute approximate surface area is 142 Å². The summed E-state index contributed by atoms with van der Waals surface area (Å²) in [6.07, 6.45) is 2.33. The highest BCUT2D eigenvalue weighted by Crippen LogP contribution is 2.30. The summed E-state index contributed by atoms with van der Waals surface area (Å²) in [6.45, 7) is 0.235. The summed E-state index contributed by atoms with van der Waals surface area (Å²) in [7, 11) is 1.66. The molecule has 2 unspecified atom stereocenters. The average molecular weight is 366 g/mol. The van der Waals surface area contributed by atoms with Crippen molar-refractivity contribution in [3.05, 3.63) is 16.1 Å². The predicted molar refractivity (Wildman–Crippen MR) is 90.0 cm³/mol. The lowest BCUT2D eigenvalue weighted by atomic mass is 9.95. The second-order valence-electron chi connectivity index (χ2n) is 5.42. The number of nitrogens with one attached hydrogen (secondary N) is 2. The highest BCUT2D eigenvalue weighted by molar-refractivity contribution is 7.99. The van der Waals surface area contributed by atoms with Crippen molar-refractivity contribution in [3.8, 4) is 0 Å². The van der Waals surface area contributed by atoms with Crippen LogP contribution in [0.15, 0.2) is 10.4 Å². The van der Waals surface area contributed by atoms with E-state index in [4.69, 9.17) is 0 Å². The highest BCUT2D eigenvalue weighted by atomic mass is 32.2. The van der Waals surface area contributed by atoms with Gasteiger partial charge >= 0.3 is 6.18 Å². The lowest BCUT2D eigenvalue weighted by Gasteiger charge is -2.29. The van der Waals surface area contributed by atoms with Gasteiger partial charge in [0.2, 0.25) is 0 Å². The number of hydrogen-bond donors (Lipinski definition) is 2. The van der Waals surface area contributed by atoms with Gasteiger partial charge in [-0.3, -0.25) is 4.99 Å². The number of aliphatic imine (C=N–C) groups is 1. The van der Waals surface area contributed by atoms with E-state index in [1.165, 1.54) is 12.8 Å². The molecule has 1 saturated carbocycles. The minimum atomic E-state index is -4.39. The summed E-state index contributed by atoms with van der Waals surface area (Å²) in [5.74, 6) is 0.612. The largest absolute Gasteiger partial charge is 0.434 e. The normalized spacial score (nSPS) is 22.9. The number of nitrogens with zero attached hydrogens (tertiary/aromatic N) is 2. The van der Waals surface area contributed by atoms with Gasteiger partial charge in [0.25, 0.3) is 0 Å². The van der Waals surface area contributed by atoms with Crippen LogP contribution in [0.1, 0.15) is 36.4 Å². The van der Waals surface area contributed by atoms with Crippen LogP contribution in [0.4, 0.5) is 13.2 Å². The number of halogens is 3. The number of hydrogen-bond acceptors (Lipinski definition) is 4. The summed E-state index contributed by atoms with van der Waals surface area (Å²) in [4.78, 5) is 7.75. The molecule has 0 aromatic carbocycles. The van der Waals surface area contributed by atoms with E-state index in [0.717, 1.165) is 29.6 Å². The summed E-state index contributed by atoms with van der Waals surface area (Å²) in [6, 6.07) is 0.356. The Hall–Kier alpha value is -0.960. The summed E-state index contributed by atoms with van der Waals surface area (Å²) in [5, 5.41) is 8.49. The van der Waals surface area contributed by atoms with E-state index in [1.54, 1.807) is 7.05 Å². The number of rotatable bonds is 4. The number of thiazole rings is 1. The van der Waals surface area contributed by atoms with Gasteiger partial charge in [0.1, 0.15) is 5.01 Å². The van der Waals surface area contributed by atoms with Crippen LogP contribution >= 0.6 is 23.1 Å². The second kappa shape index (κ2) is 8.23. The topological polar surface area (TPSA) is 49.3 Å². The van der Waals surface area contributed by atoms with Crippen molar-refractivity contribution in [3.63, 3.8) is 0 Å². The van der Waals surface area contributed by atoms with E-state index < -0.39 is 11.9 Å². The van der Waals surface area contributed by atoms with Gasteiger partial charge in [0.15, 0.2) is 11.7 Å². The molecule has 2 N–H and O–H groups in total. The number of aromatic nitrogens is 1. The first-order valence-corrected chi connectivity index (χ1v) is 9.60. The van der Waals surface area contributed by atoms with Gasteiger partial charge < -0.3 is 10.6 Å². The zero-order chi connectivity index (χ0) is 16.9. The van der Waals surface area contributed by atoms with Crippen LogP contribution in [0.2, 0.25) is 0 Å². The Morgan fingerprint density at radius 3 is 2.87 bits per heavy atom. The summed E-state index contributed by atoms with van der Waals surface area (Å²) >= 11 is 2.88. The molecule has 0 saturated heterocycles. The molecule has 2 rings (SSSR count). The smallest absolute Gasteiger partial charge is 0.354 e. The van der Waals surface area contributed by atoms with E-state index in [-0.39, 0.29) is 6.54 Å². The lowest BCUT2D eigenvalue weighted by molar-refractivity contribution is -0.140. The quantitative estimate of drug-likeness (QED) is 0.633. The first-order valence-electron chi connectivity index (χ1n) is 7.44. The van der Waals surface area contributed by atoms with Crippen LogP contribution in [0.3, 0.4) is 0 Å². The average Bonchev–Trinajstić information content (AvgIpc) is 3.00. The number of alkyl halides is 3. The van der Waals surface area contributed by atoms with Crippen molar-refractivity contribution in [2.75, 3.05) is 13.3 Å². The van der Waals surface area contributed by atoms with Crippen LogP contribution in [-0.4, -0.2) is 35.5 Å². The molecular weight excluding hydrogens is 345 g/mol. The van der Waals surface area contributed by atoms with Crippen LogP contribution in [0.5, 0.6) is 0 Å². The van der Waals surface area contributed by atoms with Gasteiger partial charge in [-0.15, -0.1) is 11.3 Å². The molecule has 1 aromatic heterocycles. The lowest BCUT2D eigenvalue weighted by Crippen LogP contribution is -2.45.